The lowest BCUT2D eigenvalue weighted by molar-refractivity contribution is 0.139. The molecule has 0 aromatic carbocycles. The molecule has 0 aromatic rings. The summed E-state index contributed by atoms with van der Waals surface area (Å²) in [6, 6.07) is 0. The van der Waals surface area contributed by atoms with Gasteiger partial charge in [0.2, 0.25) is 0 Å². The summed E-state index contributed by atoms with van der Waals surface area (Å²) in [4.78, 5) is 2.12. The van der Waals surface area contributed by atoms with Crippen LogP contribution in [0.3, 0.4) is 0 Å². The summed E-state index contributed by atoms with van der Waals surface area (Å²) in [5, 5.41) is 9.57. The van der Waals surface area contributed by atoms with Gasteiger partial charge in [-0.15, -0.1) is 0 Å². The van der Waals surface area contributed by atoms with Gasteiger partial charge in [-0.25, -0.2) is 0 Å². The average molecular weight is 187 g/mol. The number of aliphatic hydroxyl groups is 1. The second kappa shape index (κ2) is 8.52. The van der Waals surface area contributed by atoms with E-state index in [2.05, 4.69) is 11.8 Å². The summed E-state index contributed by atoms with van der Waals surface area (Å²) in [7, 11) is 4.09. The third-order valence-corrected chi connectivity index (χ3v) is 2.30. The van der Waals surface area contributed by atoms with Gasteiger partial charge in [-0.1, -0.05) is 32.6 Å². The smallest absolute Gasteiger partial charge is 0.0552 e. The van der Waals surface area contributed by atoms with Crippen molar-refractivity contribution < 1.29 is 5.11 Å². The Kier molecular flexibility index (Phi) is 8.46. The number of unbranched alkanes of at least 4 members (excludes halogenated alkanes) is 3. The van der Waals surface area contributed by atoms with E-state index in [0.29, 0.717) is 0 Å². The Morgan fingerprint density at radius 2 is 1.77 bits per heavy atom. The van der Waals surface area contributed by atoms with Gasteiger partial charge in [-0.3, -0.25) is 0 Å². The molecule has 0 bridgehead atoms. The molecule has 0 saturated heterocycles. The van der Waals surface area contributed by atoms with E-state index in [1.54, 1.807) is 0 Å². The van der Waals surface area contributed by atoms with Gasteiger partial charge in [-0.05, 0) is 33.5 Å². The fraction of sp³-hybridized carbons (Fsp3) is 1.00. The Morgan fingerprint density at radius 3 is 2.31 bits per heavy atom. The Labute approximate surface area is 82.9 Å². The second-order valence-electron chi connectivity index (χ2n) is 4.10. The number of nitrogens with zero attached hydrogens (tertiary/aromatic N) is 1. The van der Waals surface area contributed by atoms with Crippen LogP contribution in [-0.4, -0.2) is 36.8 Å². The van der Waals surface area contributed by atoms with Crippen molar-refractivity contribution in [2.45, 2.75) is 51.6 Å². The molecule has 0 fully saturated rings. The van der Waals surface area contributed by atoms with E-state index in [0.717, 1.165) is 19.4 Å². The van der Waals surface area contributed by atoms with E-state index in [4.69, 9.17) is 0 Å². The molecular formula is C11H25NO. The lowest BCUT2D eigenvalue weighted by Crippen LogP contribution is -2.19. The van der Waals surface area contributed by atoms with Crippen LogP contribution in [-0.2, 0) is 0 Å². The molecule has 0 aliphatic heterocycles. The molecule has 0 aliphatic rings. The zero-order valence-corrected chi connectivity index (χ0v) is 9.42. The molecule has 0 amide bonds. The van der Waals surface area contributed by atoms with Crippen LogP contribution in [0.4, 0.5) is 0 Å². The van der Waals surface area contributed by atoms with E-state index < -0.39 is 0 Å². The van der Waals surface area contributed by atoms with E-state index in [9.17, 15) is 5.11 Å². The Bertz CT molecular complexity index is 104. The Balaban J connectivity index is 3.15. The van der Waals surface area contributed by atoms with Crippen LogP contribution in [0.1, 0.15) is 45.4 Å². The van der Waals surface area contributed by atoms with Gasteiger partial charge in [0.15, 0.2) is 0 Å². The van der Waals surface area contributed by atoms with Crippen molar-refractivity contribution in [2.75, 3.05) is 20.6 Å². The second-order valence-corrected chi connectivity index (χ2v) is 4.10. The molecule has 1 unspecified atom stereocenters. The molecule has 0 heterocycles. The summed E-state index contributed by atoms with van der Waals surface area (Å²) in [5.41, 5.74) is 0. The van der Waals surface area contributed by atoms with E-state index in [-0.39, 0.29) is 6.10 Å². The van der Waals surface area contributed by atoms with E-state index in [1.165, 1.54) is 25.7 Å². The molecule has 13 heavy (non-hydrogen) atoms. The molecule has 0 aliphatic carbocycles. The van der Waals surface area contributed by atoms with Gasteiger partial charge in [0.05, 0.1) is 6.10 Å². The third kappa shape index (κ3) is 9.84. The van der Waals surface area contributed by atoms with Crippen LogP contribution in [0.15, 0.2) is 0 Å². The van der Waals surface area contributed by atoms with Gasteiger partial charge >= 0.3 is 0 Å². The molecule has 80 valence electrons. The van der Waals surface area contributed by atoms with Crippen LogP contribution in [0.2, 0.25) is 0 Å². The first-order valence-corrected chi connectivity index (χ1v) is 5.49. The third-order valence-electron chi connectivity index (χ3n) is 2.30. The van der Waals surface area contributed by atoms with Crippen LogP contribution < -0.4 is 0 Å². The molecule has 0 rings (SSSR count). The van der Waals surface area contributed by atoms with Gasteiger partial charge < -0.3 is 10.0 Å². The maximum absolute atomic E-state index is 9.57. The van der Waals surface area contributed by atoms with Crippen molar-refractivity contribution in [2.24, 2.45) is 0 Å². The first-order chi connectivity index (χ1) is 6.16. The molecule has 0 aromatic heterocycles. The normalized spacial score (nSPS) is 13.6. The highest BCUT2D eigenvalue weighted by molar-refractivity contribution is 4.58. The van der Waals surface area contributed by atoms with Gasteiger partial charge in [-0.2, -0.15) is 0 Å². The molecule has 2 nitrogen and oxygen atoms in total. The largest absolute Gasteiger partial charge is 0.393 e. The highest BCUT2D eigenvalue weighted by Gasteiger charge is 2.03. The minimum absolute atomic E-state index is 0.0840. The lowest BCUT2D eigenvalue weighted by Gasteiger charge is -2.13. The van der Waals surface area contributed by atoms with Crippen LogP contribution in [0.5, 0.6) is 0 Å². The number of aliphatic hydroxyl groups excluding tert-OH is 1. The van der Waals surface area contributed by atoms with Crippen molar-refractivity contribution in [1.29, 1.82) is 0 Å². The standard InChI is InChI=1S/C11H25NO/c1-4-5-6-7-8-11(13)9-10-12(2)3/h11,13H,4-10H2,1-3H3. The predicted octanol–water partition coefficient (Wildman–Crippen LogP) is 2.27. The number of hydrogen-bond acceptors (Lipinski definition) is 2. The summed E-state index contributed by atoms with van der Waals surface area (Å²) in [5.74, 6) is 0. The molecule has 0 saturated carbocycles. The van der Waals surface area contributed by atoms with Crippen molar-refractivity contribution >= 4 is 0 Å². The fourth-order valence-electron chi connectivity index (χ4n) is 1.36. The summed E-state index contributed by atoms with van der Waals surface area (Å²) < 4.78 is 0. The molecular weight excluding hydrogens is 162 g/mol. The molecule has 1 N–H and O–H groups in total. The zero-order valence-electron chi connectivity index (χ0n) is 9.42. The van der Waals surface area contributed by atoms with E-state index >= 15 is 0 Å². The SMILES string of the molecule is CCCCCCC(O)CCN(C)C. The first kappa shape index (κ1) is 12.9. The number of hydrogen-bond donors (Lipinski definition) is 1. The van der Waals surface area contributed by atoms with Gasteiger partial charge in [0.25, 0.3) is 0 Å². The summed E-state index contributed by atoms with van der Waals surface area (Å²) in [6.07, 6.45) is 6.85. The highest BCUT2D eigenvalue weighted by atomic mass is 16.3. The highest BCUT2D eigenvalue weighted by Crippen LogP contribution is 2.07. The van der Waals surface area contributed by atoms with Crippen LogP contribution >= 0.6 is 0 Å². The van der Waals surface area contributed by atoms with Gasteiger partial charge in [0, 0.05) is 0 Å². The van der Waals surface area contributed by atoms with E-state index in [1.807, 2.05) is 14.1 Å². The van der Waals surface area contributed by atoms with Crippen molar-refractivity contribution in [3.63, 3.8) is 0 Å². The Hall–Kier alpha value is -0.0800. The summed E-state index contributed by atoms with van der Waals surface area (Å²) >= 11 is 0. The minimum atomic E-state index is -0.0840. The Morgan fingerprint density at radius 1 is 1.08 bits per heavy atom. The average Bonchev–Trinajstić information content (AvgIpc) is 2.09. The molecule has 2 heteroatoms. The fourth-order valence-corrected chi connectivity index (χ4v) is 1.36. The predicted molar refractivity (Wildman–Crippen MR) is 57.9 cm³/mol. The minimum Gasteiger partial charge on any atom is -0.393 e. The van der Waals surface area contributed by atoms with Crippen LogP contribution in [0.25, 0.3) is 0 Å². The van der Waals surface area contributed by atoms with Crippen molar-refractivity contribution in [3.8, 4) is 0 Å². The zero-order chi connectivity index (χ0) is 10.1. The van der Waals surface area contributed by atoms with Crippen LogP contribution in [0, 0.1) is 0 Å². The summed E-state index contributed by atoms with van der Waals surface area (Å²) in [6.45, 7) is 3.21. The maximum atomic E-state index is 9.57. The molecule has 1 atom stereocenters. The van der Waals surface area contributed by atoms with Crippen molar-refractivity contribution in [3.05, 3.63) is 0 Å². The lowest BCUT2D eigenvalue weighted by atomic mass is 10.1. The maximum Gasteiger partial charge on any atom is 0.0552 e. The molecule has 0 spiro atoms. The molecule has 0 radical (unpaired) electrons. The topological polar surface area (TPSA) is 23.5 Å². The first-order valence-electron chi connectivity index (χ1n) is 5.49. The monoisotopic (exact) mass is 187 g/mol. The van der Waals surface area contributed by atoms with Crippen molar-refractivity contribution in [1.82, 2.24) is 4.90 Å². The quantitative estimate of drug-likeness (QED) is 0.589. The number of rotatable bonds is 8. The van der Waals surface area contributed by atoms with Gasteiger partial charge in [0.1, 0.15) is 0 Å².